The molecule has 2 aliphatic carbocycles. The van der Waals surface area contributed by atoms with E-state index in [9.17, 15) is 24.9 Å². The fourth-order valence-electron chi connectivity index (χ4n) is 6.34. The molecular weight excluding hydrogens is 512 g/mol. The van der Waals surface area contributed by atoms with Crippen molar-refractivity contribution in [3.8, 4) is 11.5 Å². The van der Waals surface area contributed by atoms with Crippen molar-refractivity contribution >= 4 is 11.8 Å². The number of amides is 2. The number of aliphatic hydroxyl groups is 3. The van der Waals surface area contributed by atoms with Crippen molar-refractivity contribution in [3.05, 3.63) is 70.8 Å². The van der Waals surface area contributed by atoms with Crippen LogP contribution < -0.4 is 14.8 Å². The maximum Gasteiger partial charge on any atom is 0.247 e. The van der Waals surface area contributed by atoms with Crippen LogP contribution in [0.25, 0.3) is 0 Å². The SMILES string of the molecule is COc1cc(CO)cc2c1OC1C2C(C(=O)NCCO)=CC(N(Cc2ccccc2)C(=O)CC2CCCC2)C1O. The molecule has 40 heavy (non-hydrogen) atoms. The molecule has 4 N–H and O–H groups in total. The lowest BCUT2D eigenvalue weighted by molar-refractivity contribution is -0.139. The van der Waals surface area contributed by atoms with Crippen LogP contribution in [-0.4, -0.2) is 70.5 Å². The van der Waals surface area contributed by atoms with Crippen molar-refractivity contribution in [2.75, 3.05) is 20.3 Å². The van der Waals surface area contributed by atoms with Gasteiger partial charge in [0, 0.05) is 30.6 Å². The molecule has 2 aromatic rings. The van der Waals surface area contributed by atoms with Crippen molar-refractivity contribution in [2.45, 2.75) is 69.4 Å². The van der Waals surface area contributed by atoms with E-state index in [0.717, 1.165) is 31.2 Å². The van der Waals surface area contributed by atoms with Gasteiger partial charge < -0.3 is 35.0 Å². The summed E-state index contributed by atoms with van der Waals surface area (Å²) in [6, 6.07) is 12.2. The third kappa shape index (κ3) is 5.59. The van der Waals surface area contributed by atoms with Crippen LogP contribution in [0.15, 0.2) is 54.1 Å². The molecular formula is C31H38N2O7. The van der Waals surface area contributed by atoms with E-state index in [-0.39, 0.29) is 32.2 Å². The van der Waals surface area contributed by atoms with E-state index in [1.807, 2.05) is 30.3 Å². The van der Waals surface area contributed by atoms with Gasteiger partial charge in [0.1, 0.15) is 12.2 Å². The van der Waals surface area contributed by atoms with Crippen LogP contribution in [0.1, 0.15) is 54.7 Å². The molecule has 0 radical (unpaired) electrons. The summed E-state index contributed by atoms with van der Waals surface area (Å²) in [5.41, 5.74) is 2.48. The number of ether oxygens (including phenoxy) is 2. The monoisotopic (exact) mass is 550 g/mol. The topological polar surface area (TPSA) is 129 Å². The van der Waals surface area contributed by atoms with Crippen LogP contribution in [0.2, 0.25) is 0 Å². The molecule has 9 heteroatoms. The highest BCUT2D eigenvalue weighted by Gasteiger charge is 2.51. The minimum atomic E-state index is -1.13. The van der Waals surface area contributed by atoms with E-state index < -0.39 is 30.1 Å². The number of rotatable bonds is 10. The average molecular weight is 551 g/mol. The normalized spacial score (nSPS) is 23.6. The fraction of sp³-hybridized carbons (Fsp3) is 0.484. The number of hydrogen-bond acceptors (Lipinski definition) is 7. The first kappa shape index (κ1) is 28.1. The van der Waals surface area contributed by atoms with Gasteiger partial charge in [-0.2, -0.15) is 0 Å². The summed E-state index contributed by atoms with van der Waals surface area (Å²) < 4.78 is 11.8. The Bertz CT molecular complexity index is 1240. The predicted molar refractivity (Wildman–Crippen MR) is 148 cm³/mol. The van der Waals surface area contributed by atoms with Crippen LogP contribution in [0.5, 0.6) is 11.5 Å². The number of carbonyl (C=O) groups is 2. The number of nitrogens with one attached hydrogen (secondary N) is 1. The zero-order valence-corrected chi connectivity index (χ0v) is 22.8. The minimum Gasteiger partial charge on any atom is -0.493 e. The Morgan fingerprint density at radius 3 is 2.52 bits per heavy atom. The zero-order valence-electron chi connectivity index (χ0n) is 22.8. The number of benzene rings is 2. The highest BCUT2D eigenvalue weighted by molar-refractivity contribution is 5.96. The zero-order chi connectivity index (χ0) is 28.2. The van der Waals surface area contributed by atoms with Gasteiger partial charge in [0.25, 0.3) is 0 Å². The van der Waals surface area contributed by atoms with Crippen LogP contribution in [-0.2, 0) is 22.7 Å². The number of nitrogens with zero attached hydrogens (tertiary/aromatic N) is 1. The second-order valence-corrected chi connectivity index (χ2v) is 10.9. The van der Waals surface area contributed by atoms with Gasteiger partial charge in [0.15, 0.2) is 11.5 Å². The molecule has 4 atom stereocenters. The van der Waals surface area contributed by atoms with Crippen LogP contribution >= 0.6 is 0 Å². The number of aliphatic hydroxyl groups excluding tert-OH is 3. The third-order valence-electron chi connectivity index (χ3n) is 8.31. The van der Waals surface area contributed by atoms with Gasteiger partial charge in [-0.25, -0.2) is 0 Å². The van der Waals surface area contributed by atoms with Crippen molar-refractivity contribution in [2.24, 2.45) is 5.92 Å². The molecule has 1 saturated carbocycles. The second-order valence-electron chi connectivity index (χ2n) is 10.9. The first-order chi connectivity index (χ1) is 19.4. The summed E-state index contributed by atoms with van der Waals surface area (Å²) in [5, 5.41) is 33.7. The predicted octanol–water partition coefficient (Wildman–Crippen LogP) is 2.42. The van der Waals surface area contributed by atoms with E-state index >= 15 is 0 Å². The summed E-state index contributed by atoms with van der Waals surface area (Å²) >= 11 is 0. The first-order valence-corrected chi connectivity index (χ1v) is 14.1. The van der Waals surface area contributed by atoms with Gasteiger partial charge in [-0.05, 0) is 48.1 Å². The standard InChI is InChI=1S/C31H38N2O7/c1-39-25-14-21(18-35)13-22-27-23(31(38)32-11-12-34)16-24(28(37)30(27)40-29(22)25)33(17-20-9-3-2-4-10-20)26(36)15-19-7-5-6-8-19/h2-4,9-10,13-14,16,19,24,27-28,30,34-35,37H,5-8,11-12,15,17-18H2,1H3,(H,32,38). The average Bonchev–Trinajstić information content (AvgIpc) is 3.63. The van der Waals surface area contributed by atoms with E-state index in [1.165, 1.54) is 7.11 Å². The van der Waals surface area contributed by atoms with Gasteiger partial charge in [-0.15, -0.1) is 0 Å². The van der Waals surface area contributed by atoms with Gasteiger partial charge in [-0.3, -0.25) is 9.59 Å². The molecule has 214 valence electrons. The Balaban J connectivity index is 1.57. The number of carbonyl (C=O) groups excluding carboxylic acids is 2. The van der Waals surface area contributed by atoms with E-state index in [0.29, 0.717) is 40.5 Å². The second kappa shape index (κ2) is 12.4. The highest BCUT2D eigenvalue weighted by atomic mass is 16.5. The Morgan fingerprint density at radius 1 is 1.10 bits per heavy atom. The molecule has 0 aromatic heterocycles. The largest absolute Gasteiger partial charge is 0.493 e. The Kier molecular flexibility index (Phi) is 8.73. The molecule has 2 aromatic carbocycles. The molecule has 0 bridgehead atoms. The van der Waals surface area contributed by atoms with Crippen LogP contribution in [0.3, 0.4) is 0 Å². The van der Waals surface area contributed by atoms with Crippen molar-refractivity contribution < 1.29 is 34.4 Å². The number of methoxy groups -OCH3 is 1. The molecule has 4 unspecified atom stereocenters. The highest BCUT2D eigenvalue weighted by Crippen LogP contribution is 2.51. The summed E-state index contributed by atoms with van der Waals surface area (Å²) in [6.45, 7) is -0.126. The van der Waals surface area contributed by atoms with E-state index in [2.05, 4.69) is 5.32 Å². The third-order valence-corrected chi connectivity index (χ3v) is 8.31. The molecule has 1 aliphatic heterocycles. The van der Waals surface area contributed by atoms with Gasteiger partial charge >= 0.3 is 0 Å². The first-order valence-electron chi connectivity index (χ1n) is 14.1. The minimum absolute atomic E-state index is 0.0584. The molecule has 1 heterocycles. The molecule has 3 aliphatic rings. The Hall–Kier alpha value is -3.40. The van der Waals surface area contributed by atoms with E-state index in [1.54, 1.807) is 23.1 Å². The fourth-order valence-corrected chi connectivity index (χ4v) is 6.34. The van der Waals surface area contributed by atoms with Crippen molar-refractivity contribution in [1.29, 1.82) is 0 Å². The molecule has 5 rings (SSSR count). The van der Waals surface area contributed by atoms with Gasteiger partial charge in [0.05, 0.1) is 32.3 Å². The lowest BCUT2D eigenvalue weighted by atomic mass is 9.77. The molecule has 1 fully saturated rings. The quantitative estimate of drug-likeness (QED) is 0.358. The van der Waals surface area contributed by atoms with Gasteiger partial charge in [0.2, 0.25) is 11.8 Å². The summed E-state index contributed by atoms with van der Waals surface area (Å²) in [4.78, 5) is 29.0. The molecule has 2 amide bonds. The maximum atomic E-state index is 13.9. The van der Waals surface area contributed by atoms with E-state index in [4.69, 9.17) is 9.47 Å². The lowest BCUT2D eigenvalue weighted by Gasteiger charge is -2.41. The van der Waals surface area contributed by atoms with Gasteiger partial charge in [-0.1, -0.05) is 43.2 Å². The molecule has 0 spiro atoms. The molecule has 9 nitrogen and oxygen atoms in total. The molecule has 0 saturated heterocycles. The Morgan fingerprint density at radius 2 is 1.85 bits per heavy atom. The summed E-state index contributed by atoms with van der Waals surface area (Å²) in [5.74, 6) is -0.0167. The number of hydrogen-bond donors (Lipinski definition) is 4. The number of fused-ring (bicyclic) bond motifs is 3. The van der Waals surface area contributed by atoms with Crippen molar-refractivity contribution in [3.63, 3.8) is 0 Å². The van der Waals surface area contributed by atoms with Crippen molar-refractivity contribution in [1.82, 2.24) is 10.2 Å². The van der Waals surface area contributed by atoms with Crippen LogP contribution in [0, 0.1) is 5.92 Å². The summed E-state index contributed by atoms with van der Waals surface area (Å²) in [6.07, 6.45) is 4.34. The smallest absolute Gasteiger partial charge is 0.247 e. The van der Waals surface area contributed by atoms with Crippen LogP contribution in [0.4, 0.5) is 0 Å². The summed E-state index contributed by atoms with van der Waals surface area (Å²) in [7, 11) is 1.50. The maximum absolute atomic E-state index is 13.9. The lowest BCUT2D eigenvalue weighted by Crippen LogP contribution is -2.55. The Labute approximate surface area is 234 Å².